The summed E-state index contributed by atoms with van der Waals surface area (Å²) in [5.74, 6) is -0.0118. The van der Waals surface area contributed by atoms with E-state index < -0.39 is 0 Å². The number of ether oxygens (including phenoxy) is 1. The molecule has 0 aliphatic heterocycles. The Hall–Kier alpha value is -2.82. The number of nitrogens with one attached hydrogen (secondary N) is 1. The SMILES string of the molecule is COc1ccccc1C(=O)N(C)CC(=O)Nc1cccc(C)c1C. The number of aryl methyl sites for hydroxylation is 1. The molecule has 5 nitrogen and oxygen atoms in total. The van der Waals surface area contributed by atoms with E-state index in [4.69, 9.17) is 4.74 Å². The molecule has 0 aliphatic carbocycles. The fourth-order valence-electron chi connectivity index (χ4n) is 2.39. The second-order valence-electron chi connectivity index (χ2n) is 5.66. The summed E-state index contributed by atoms with van der Waals surface area (Å²) in [6.07, 6.45) is 0. The van der Waals surface area contributed by atoms with Gasteiger partial charge in [-0.25, -0.2) is 0 Å². The molecule has 5 heteroatoms. The van der Waals surface area contributed by atoms with Crippen molar-refractivity contribution in [3.8, 4) is 5.75 Å². The van der Waals surface area contributed by atoms with Gasteiger partial charge >= 0.3 is 0 Å². The predicted octanol–water partition coefficient (Wildman–Crippen LogP) is 3.02. The number of methoxy groups -OCH3 is 1. The van der Waals surface area contributed by atoms with Gasteiger partial charge in [-0.3, -0.25) is 9.59 Å². The first-order valence-corrected chi connectivity index (χ1v) is 7.68. The average Bonchev–Trinajstić information content (AvgIpc) is 2.58. The molecule has 0 atom stereocenters. The largest absolute Gasteiger partial charge is 0.496 e. The van der Waals surface area contributed by atoms with Crippen LogP contribution in [0.5, 0.6) is 5.75 Å². The number of carbonyl (C=O) groups is 2. The Morgan fingerprint density at radius 2 is 1.79 bits per heavy atom. The summed E-state index contributed by atoms with van der Waals surface area (Å²) < 4.78 is 5.20. The van der Waals surface area contributed by atoms with Gasteiger partial charge in [0, 0.05) is 12.7 Å². The van der Waals surface area contributed by atoms with Crippen LogP contribution in [-0.4, -0.2) is 37.4 Å². The lowest BCUT2D eigenvalue weighted by molar-refractivity contribution is -0.116. The highest BCUT2D eigenvalue weighted by Crippen LogP contribution is 2.20. The average molecular weight is 326 g/mol. The minimum absolute atomic E-state index is 0.0374. The number of rotatable bonds is 5. The van der Waals surface area contributed by atoms with Crippen molar-refractivity contribution in [1.82, 2.24) is 4.90 Å². The molecule has 0 fully saturated rings. The molecule has 0 aliphatic rings. The van der Waals surface area contributed by atoms with Gasteiger partial charge in [-0.05, 0) is 43.2 Å². The van der Waals surface area contributed by atoms with Gasteiger partial charge in [0.2, 0.25) is 5.91 Å². The Bertz CT molecular complexity index is 756. The normalized spacial score (nSPS) is 10.2. The Morgan fingerprint density at radius 3 is 2.50 bits per heavy atom. The second-order valence-corrected chi connectivity index (χ2v) is 5.66. The lowest BCUT2D eigenvalue weighted by Crippen LogP contribution is -2.35. The van der Waals surface area contributed by atoms with Crippen molar-refractivity contribution in [1.29, 1.82) is 0 Å². The first-order chi connectivity index (χ1) is 11.4. The van der Waals surface area contributed by atoms with E-state index in [-0.39, 0.29) is 18.4 Å². The Kier molecular flexibility index (Phi) is 5.58. The van der Waals surface area contributed by atoms with Crippen LogP contribution >= 0.6 is 0 Å². The van der Waals surface area contributed by atoms with Crippen LogP contribution in [0.25, 0.3) is 0 Å². The summed E-state index contributed by atoms with van der Waals surface area (Å²) in [5.41, 5.74) is 3.32. The molecule has 1 N–H and O–H groups in total. The van der Waals surface area contributed by atoms with Gasteiger partial charge in [0.15, 0.2) is 0 Å². The molecular weight excluding hydrogens is 304 g/mol. The molecule has 2 aromatic carbocycles. The molecular formula is C19H22N2O3. The summed E-state index contributed by atoms with van der Waals surface area (Å²) in [6, 6.07) is 12.7. The van der Waals surface area contributed by atoms with Gasteiger partial charge in [0.25, 0.3) is 5.91 Å². The maximum Gasteiger partial charge on any atom is 0.257 e. The molecule has 24 heavy (non-hydrogen) atoms. The zero-order valence-electron chi connectivity index (χ0n) is 14.4. The van der Waals surface area contributed by atoms with E-state index in [1.54, 1.807) is 31.3 Å². The summed E-state index contributed by atoms with van der Waals surface area (Å²) >= 11 is 0. The minimum Gasteiger partial charge on any atom is -0.496 e. The lowest BCUT2D eigenvalue weighted by Gasteiger charge is -2.19. The van der Waals surface area contributed by atoms with Crippen molar-refractivity contribution in [3.05, 3.63) is 59.2 Å². The highest BCUT2D eigenvalue weighted by molar-refractivity contribution is 6.01. The van der Waals surface area contributed by atoms with Crippen LogP contribution in [-0.2, 0) is 4.79 Å². The van der Waals surface area contributed by atoms with Crippen LogP contribution in [0.2, 0.25) is 0 Å². The van der Waals surface area contributed by atoms with Crippen LogP contribution in [0, 0.1) is 13.8 Å². The Morgan fingerprint density at radius 1 is 1.08 bits per heavy atom. The molecule has 2 aromatic rings. The van der Waals surface area contributed by atoms with Gasteiger partial charge in [-0.1, -0.05) is 24.3 Å². The van der Waals surface area contributed by atoms with Crippen molar-refractivity contribution >= 4 is 17.5 Å². The summed E-state index contributed by atoms with van der Waals surface area (Å²) in [5, 5.41) is 2.85. The third kappa shape index (κ3) is 3.93. The summed E-state index contributed by atoms with van der Waals surface area (Å²) in [4.78, 5) is 26.1. The lowest BCUT2D eigenvalue weighted by atomic mass is 10.1. The molecule has 0 aromatic heterocycles. The molecule has 2 amide bonds. The number of anilines is 1. The number of para-hydroxylation sites is 1. The number of hydrogen-bond donors (Lipinski definition) is 1. The van der Waals surface area contributed by atoms with Gasteiger partial charge < -0.3 is 15.0 Å². The van der Waals surface area contributed by atoms with E-state index in [2.05, 4.69) is 5.32 Å². The monoisotopic (exact) mass is 326 g/mol. The van der Waals surface area contributed by atoms with E-state index in [9.17, 15) is 9.59 Å². The number of carbonyl (C=O) groups excluding carboxylic acids is 2. The third-order valence-electron chi connectivity index (χ3n) is 3.94. The quantitative estimate of drug-likeness (QED) is 0.919. The van der Waals surface area contributed by atoms with Crippen LogP contribution in [0.4, 0.5) is 5.69 Å². The molecule has 0 heterocycles. The highest BCUT2D eigenvalue weighted by atomic mass is 16.5. The number of hydrogen-bond acceptors (Lipinski definition) is 3. The molecule has 2 rings (SSSR count). The van der Waals surface area contributed by atoms with Gasteiger partial charge in [0.05, 0.1) is 19.2 Å². The fourth-order valence-corrected chi connectivity index (χ4v) is 2.39. The molecule has 126 valence electrons. The Labute approximate surface area is 142 Å². The van der Waals surface area contributed by atoms with Gasteiger partial charge in [0.1, 0.15) is 5.75 Å². The highest BCUT2D eigenvalue weighted by Gasteiger charge is 2.18. The Balaban J connectivity index is 2.06. The molecule has 0 saturated heterocycles. The van der Waals surface area contributed by atoms with E-state index >= 15 is 0 Å². The molecule has 0 saturated carbocycles. The van der Waals surface area contributed by atoms with Gasteiger partial charge in [-0.2, -0.15) is 0 Å². The van der Waals surface area contributed by atoms with Crippen molar-refractivity contribution < 1.29 is 14.3 Å². The molecule has 0 bridgehead atoms. The first kappa shape index (κ1) is 17.5. The predicted molar refractivity (Wildman–Crippen MR) is 94.5 cm³/mol. The third-order valence-corrected chi connectivity index (χ3v) is 3.94. The smallest absolute Gasteiger partial charge is 0.257 e. The van der Waals surface area contributed by atoms with E-state index in [1.807, 2.05) is 32.0 Å². The zero-order valence-corrected chi connectivity index (χ0v) is 14.4. The van der Waals surface area contributed by atoms with Crippen LogP contribution in [0.15, 0.2) is 42.5 Å². The first-order valence-electron chi connectivity index (χ1n) is 7.68. The minimum atomic E-state index is -0.261. The molecule has 0 spiro atoms. The van der Waals surface area contributed by atoms with Crippen molar-refractivity contribution in [2.75, 3.05) is 26.0 Å². The fraction of sp³-hybridized carbons (Fsp3) is 0.263. The summed E-state index contributed by atoms with van der Waals surface area (Å²) in [7, 11) is 3.11. The van der Waals surface area contributed by atoms with Crippen LogP contribution < -0.4 is 10.1 Å². The number of nitrogens with zero attached hydrogens (tertiary/aromatic N) is 1. The van der Waals surface area contributed by atoms with Crippen LogP contribution in [0.1, 0.15) is 21.5 Å². The zero-order chi connectivity index (χ0) is 17.7. The van der Waals surface area contributed by atoms with E-state index in [0.29, 0.717) is 11.3 Å². The van der Waals surface area contributed by atoms with E-state index in [0.717, 1.165) is 16.8 Å². The topological polar surface area (TPSA) is 58.6 Å². The maximum absolute atomic E-state index is 12.5. The second kappa shape index (κ2) is 7.64. The molecule has 0 radical (unpaired) electrons. The molecule has 0 unspecified atom stereocenters. The van der Waals surface area contributed by atoms with Crippen molar-refractivity contribution in [3.63, 3.8) is 0 Å². The maximum atomic E-state index is 12.5. The summed E-state index contributed by atoms with van der Waals surface area (Å²) in [6.45, 7) is 3.90. The standard InChI is InChI=1S/C19H22N2O3/c1-13-8-7-10-16(14(13)2)20-18(22)12-21(3)19(23)15-9-5-6-11-17(15)24-4/h5-11H,12H2,1-4H3,(H,20,22). The number of benzene rings is 2. The van der Waals surface area contributed by atoms with Gasteiger partial charge in [-0.15, -0.1) is 0 Å². The van der Waals surface area contributed by atoms with Crippen molar-refractivity contribution in [2.45, 2.75) is 13.8 Å². The van der Waals surface area contributed by atoms with Crippen LogP contribution in [0.3, 0.4) is 0 Å². The number of amides is 2. The number of likely N-dealkylation sites (N-methyl/N-ethyl adjacent to an activating group) is 1. The van der Waals surface area contributed by atoms with Crippen molar-refractivity contribution in [2.24, 2.45) is 0 Å². The van der Waals surface area contributed by atoms with E-state index in [1.165, 1.54) is 12.0 Å².